The second-order valence-electron chi connectivity index (χ2n) is 5.44. The van der Waals surface area contributed by atoms with Crippen molar-refractivity contribution in [3.63, 3.8) is 0 Å². The summed E-state index contributed by atoms with van der Waals surface area (Å²) in [6.45, 7) is 1.36. The minimum absolute atomic E-state index is 0.0617. The van der Waals surface area contributed by atoms with Crippen molar-refractivity contribution in [2.45, 2.75) is 26.5 Å². The van der Waals surface area contributed by atoms with E-state index in [0.717, 1.165) is 11.3 Å². The topological polar surface area (TPSA) is 56.8 Å². The molecule has 2 aromatic carbocycles. The highest BCUT2D eigenvalue weighted by molar-refractivity contribution is 5.95. The van der Waals surface area contributed by atoms with Gasteiger partial charge in [0, 0.05) is 5.56 Å². The molecule has 0 aliphatic carbocycles. The fourth-order valence-corrected chi connectivity index (χ4v) is 2.38. The van der Waals surface area contributed by atoms with E-state index in [0.29, 0.717) is 6.61 Å². The fourth-order valence-electron chi connectivity index (χ4n) is 2.38. The van der Waals surface area contributed by atoms with Crippen LogP contribution in [-0.2, 0) is 0 Å². The molecule has 1 unspecified atom stereocenters. The molecule has 0 bridgehead atoms. The number of amides is 1. The lowest BCUT2D eigenvalue weighted by Gasteiger charge is -2.16. The lowest BCUT2D eigenvalue weighted by Crippen LogP contribution is -2.26. The van der Waals surface area contributed by atoms with Crippen molar-refractivity contribution in [2.24, 2.45) is 0 Å². The van der Waals surface area contributed by atoms with Gasteiger partial charge in [0.25, 0.3) is 5.91 Å². The van der Waals surface area contributed by atoms with Gasteiger partial charge < -0.3 is 19.5 Å². The first kappa shape index (κ1) is 19.5. The zero-order valence-corrected chi connectivity index (χ0v) is 14.8. The van der Waals surface area contributed by atoms with E-state index in [2.05, 4.69) is 10.1 Å². The smallest absolute Gasteiger partial charge is 0.387 e. The van der Waals surface area contributed by atoms with E-state index >= 15 is 0 Å². The van der Waals surface area contributed by atoms with E-state index in [-0.39, 0.29) is 29.0 Å². The number of carbonyl (C=O) groups is 1. The fraction of sp³-hybridized carbons (Fsp3) is 0.316. The lowest BCUT2D eigenvalue weighted by atomic mass is 10.1. The first-order chi connectivity index (χ1) is 12.4. The van der Waals surface area contributed by atoms with E-state index in [4.69, 9.17) is 9.47 Å². The number of benzene rings is 2. The van der Waals surface area contributed by atoms with E-state index in [1.165, 1.54) is 25.3 Å². The summed E-state index contributed by atoms with van der Waals surface area (Å²) in [6.07, 6.45) is 0. The van der Waals surface area contributed by atoms with Gasteiger partial charge in [-0.25, -0.2) is 0 Å². The molecule has 0 aliphatic rings. The maximum absolute atomic E-state index is 12.4. The highest BCUT2D eigenvalue weighted by atomic mass is 19.3. The molecule has 2 rings (SSSR count). The van der Waals surface area contributed by atoms with Crippen LogP contribution in [0.25, 0.3) is 0 Å². The molecule has 26 heavy (non-hydrogen) atoms. The molecule has 0 fully saturated rings. The van der Waals surface area contributed by atoms with Gasteiger partial charge in [-0.15, -0.1) is 0 Å². The molecule has 0 saturated carbocycles. The van der Waals surface area contributed by atoms with Gasteiger partial charge in [-0.1, -0.05) is 12.1 Å². The van der Waals surface area contributed by atoms with Gasteiger partial charge in [-0.2, -0.15) is 8.78 Å². The zero-order chi connectivity index (χ0) is 19.1. The van der Waals surface area contributed by atoms with Gasteiger partial charge in [0.2, 0.25) is 0 Å². The Hall–Kier alpha value is -2.83. The largest absolute Gasteiger partial charge is 0.494 e. The van der Waals surface area contributed by atoms with Crippen LogP contribution in [0.1, 0.15) is 35.8 Å². The van der Waals surface area contributed by atoms with Crippen LogP contribution in [0.3, 0.4) is 0 Å². The Morgan fingerprint density at radius 1 is 1.12 bits per heavy atom. The van der Waals surface area contributed by atoms with E-state index in [1.54, 1.807) is 0 Å². The average molecular weight is 365 g/mol. The highest BCUT2D eigenvalue weighted by Gasteiger charge is 2.16. The van der Waals surface area contributed by atoms with Gasteiger partial charge in [-0.05, 0) is 49.7 Å². The summed E-state index contributed by atoms with van der Waals surface area (Å²) < 4.78 is 39.5. The molecule has 2 aromatic rings. The van der Waals surface area contributed by atoms with Crippen molar-refractivity contribution in [1.29, 1.82) is 0 Å². The van der Waals surface area contributed by atoms with Crippen molar-refractivity contribution in [3.8, 4) is 17.2 Å². The Morgan fingerprint density at radius 3 is 2.38 bits per heavy atom. The number of methoxy groups -OCH3 is 1. The molecule has 5 nitrogen and oxygen atoms in total. The summed E-state index contributed by atoms with van der Waals surface area (Å²) in [5.41, 5.74) is 1.19. The number of hydrogen-bond acceptors (Lipinski definition) is 4. The van der Waals surface area contributed by atoms with Crippen LogP contribution >= 0.6 is 0 Å². The van der Waals surface area contributed by atoms with Gasteiger partial charge in [0.05, 0.1) is 19.8 Å². The number of alkyl halides is 2. The SMILES string of the molecule is CCOc1ccc(C(C)NC(=O)c2ccc(OC(F)F)c(OC)c2)cc1. The van der Waals surface area contributed by atoms with Crippen LogP contribution in [-0.4, -0.2) is 26.2 Å². The Labute approximate surface area is 150 Å². The molecule has 1 N–H and O–H groups in total. The van der Waals surface area contributed by atoms with Crippen LogP contribution in [0.2, 0.25) is 0 Å². The standard InChI is InChI=1S/C19H21F2NO4/c1-4-25-15-8-5-13(6-9-15)12(2)22-18(23)14-7-10-16(26-19(20)21)17(11-14)24-3/h5-12,19H,4H2,1-3H3,(H,22,23). The molecule has 140 valence electrons. The third-order valence-corrected chi connectivity index (χ3v) is 3.68. The van der Waals surface area contributed by atoms with E-state index in [1.807, 2.05) is 38.1 Å². The van der Waals surface area contributed by atoms with E-state index in [9.17, 15) is 13.6 Å². The zero-order valence-electron chi connectivity index (χ0n) is 14.8. The van der Waals surface area contributed by atoms with Gasteiger partial charge >= 0.3 is 6.61 Å². The highest BCUT2D eigenvalue weighted by Crippen LogP contribution is 2.29. The molecule has 7 heteroatoms. The molecule has 0 saturated heterocycles. The van der Waals surface area contributed by atoms with E-state index < -0.39 is 6.61 Å². The molecule has 0 heterocycles. The summed E-state index contributed by atoms with van der Waals surface area (Å²) in [5, 5.41) is 2.85. The van der Waals surface area contributed by atoms with Crippen LogP contribution in [0.15, 0.2) is 42.5 Å². The quantitative estimate of drug-likeness (QED) is 0.762. The van der Waals surface area contributed by atoms with Crippen molar-refractivity contribution in [2.75, 3.05) is 13.7 Å². The van der Waals surface area contributed by atoms with Crippen molar-refractivity contribution >= 4 is 5.91 Å². The summed E-state index contributed by atoms with van der Waals surface area (Å²) in [5.74, 6) is 0.340. The maximum Gasteiger partial charge on any atom is 0.387 e. The second kappa shape index (κ2) is 9.03. The Morgan fingerprint density at radius 2 is 1.81 bits per heavy atom. The van der Waals surface area contributed by atoms with Crippen LogP contribution in [0.4, 0.5) is 8.78 Å². The predicted octanol–water partition coefficient (Wildman–Crippen LogP) is 4.19. The minimum Gasteiger partial charge on any atom is -0.494 e. The first-order valence-electron chi connectivity index (χ1n) is 8.11. The molecular formula is C19H21F2NO4. The molecular weight excluding hydrogens is 344 g/mol. The second-order valence-corrected chi connectivity index (χ2v) is 5.44. The Kier molecular flexibility index (Phi) is 6.77. The number of ether oxygens (including phenoxy) is 3. The summed E-state index contributed by atoms with van der Waals surface area (Å²) in [6, 6.07) is 11.2. The van der Waals surface area contributed by atoms with Crippen molar-refractivity contribution in [3.05, 3.63) is 53.6 Å². The van der Waals surface area contributed by atoms with Crippen molar-refractivity contribution < 1.29 is 27.8 Å². The lowest BCUT2D eigenvalue weighted by molar-refractivity contribution is -0.0512. The Bertz CT molecular complexity index is 735. The third kappa shape index (κ3) is 5.08. The van der Waals surface area contributed by atoms with Crippen LogP contribution in [0, 0.1) is 0 Å². The summed E-state index contributed by atoms with van der Waals surface area (Å²) in [4.78, 5) is 12.4. The Balaban J connectivity index is 2.08. The van der Waals surface area contributed by atoms with Crippen LogP contribution in [0.5, 0.6) is 17.2 Å². The normalized spacial score (nSPS) is 11.8. The molecule has 0 aromatic heterocycles. The number of halogens is 2. The average Bonchev–Trinajstić information content (AvgIpc) is 2.62. The maximum atomic E-state index is 12.4. The van der Waals surface area contributed by atoms with Crippen LogP contribution < -0.4 is 19.5 Å². The number of carbonyl (C=O) groups excluding carboxylic acids is 1. The molecule has 0 aliphatic heterocycles. The molecule has 0 spiro atoms. The number of nitrogens with one attached hydrogen (secondary N) is 1. The third-order valence-electron chi connectivity index (χ3n) is 3.68. The minimum atomic E-state index is -2.97. The van der Waals surface area contributed by atoms with Crippen molar-refractivity contribution in [1.82, 2.24) is 5.32 Å². The number of hydrogen-bond donors (Lipinski definition) is 1. The monoisotopic (exact) mass is 365 g/mol. The molecule has 1 atom stereocenters. The predicted molar refractivity (Wildman–Crippen MR) is 93.1 cm³/mol. The molecule has 1 amide bonds. The number of rotatable bonds is 8. The summed E-state index contributed by atoms with van der Waals surface area (Å²) in [7, 11) is 1.32. The molecule has 0 radical (unpaired) electrons. The first-order valence-corrected chi connectivity index (χ1v) is 8.11. The van der Waals surface area contributed by atoms with Gasteiger partial charge in [0.1, 0.15) is 5.75 Å². The summed E-state index contributed by atoms with van der Waals surface area (Å²) >= 11 is 0. The van der Waals surface area contributed by atoms with Gasteiger partial charge in [-0.3, -0.25) is 4.79 Å². The van der Waals surface area contributed by atoms with Gasteiger partial charge in [0.15, 0.2) is 11.5 Å².